The Morgan fingerprint density at radius 3 is 2.47 bits per heavy atom. The van der Waals surface area contributed by atoms with Crippen molar-refractivity contribution in [2.75, 3.05) is 20.5 Å². The highest BCUT2D eigenvalue weighted by Crippen LogP contribution is 2.74. The van der Waals surface area contributed by atoms with Crippen molar-refractivity contribution >= 4 is 5.97 Å². The van der Waals surface area contributed by atoms with Gasteiger partial charge in [0, 0.05) is 12.5 Å². The molecule has 4 aliphatic rings. The first-order chi connectivity index (χ1) is 14.1. The van der Waals surface area contributed by atoms with Crippen LogP contribution in [0.3, 0.4) is 0 Å². The Morgan fingerprint density at radius 2 is 1.77 bits per heavy atom. The topological polar surface area (TPSA) is 44.8 Å². The second-order valence-corrected chi connectivity index (χ2v) is 12.4. The van der Waals surface area contributed by atoms with E-state index in [1.807, 2.05) is 13.8 Å². The number of carbonyl (C=O) groups is 1. The van der Waals surface area contributed by atoms with E-state index >= 15 is 0 Å². The van der Waals surface area contributed by atoms with Crippen LogP contribution >= 0.6 is 0 Å². The van der Waals surface area contributed by atoms with Crippen molar-refractivity contribution in [1.82, 2.24) is 0 Å². The molecule has 0 unspecified atom stereocenters. The van der Waals surface area contributed by atoms with Gasteiger partial charge in [0.05, 0.1) is 18.6 Å². The lowest BCUT2D eigenvalue weighted by molar-refractivity contribution is -0.178. The van der Waals surface area contributed by atoms with E-state index in [0.29, 0.717) is 41.7 Å². The van der Waals surface area contributed by atoms with Crippen molar-refractivity contribution in [2.45, 2.75) is 98.5 Å². The zero-order chi connectivity index (χ0) is 21.8. The van der Waals surface area contributed by atoms with E-state index in [-0.39, 0.29) is 17.3 Å². The van der Waals surface area contributed by atoms with Crippen LogP contribution in [-0.2, 0) is 19.0 Å². The van der Waals surface area contributed by atoms with Gasteiger partial charge >= 0.3 is 5.97 Å². The van der Waals surface area contributed by atoms with E-state index in [4.69, 9.17) is 14.2 Å². The van der Waals surface area contributed by atoms with Gasteiger partial charge in [0.2, 0.25) is 0 Å². The van der Waals surface area contributed by atoms with E-state index in [1.54, 1.807) is 7.11 Å². The molecule has 30 heavy (non-hydrogen) atoms. The van der Waals surface area contributed by atoms with E-state index in [1.165, 1.54) is 57.8 Å². The lowest BCUT2D eigenvalue weighted by atomic mass is 9.40. The maximum atomic E-state index is 12.2. The Bertz CT molecular complexity index is 661. The van der Waals surface area contributed by atoms with Crippen molar-refractivity contribution in [3.63, 3.8) is 0 Å². The Kier molecular flexibility index (Phi) is 5.84. The zero-order valence-corrected chi connectivity index (χ0v) is 20.2. The van der Waals surface area contributed by atoms with Crippen LogP contribution < -0.4 is 0 Å². The normalized spacial score (nSPS) is 47.6. The summed E-state index contributed by atoms with van der Waals surface area (Å²) in [6.07, 6.45) is 11.8. The van der Waals surface area contributed by atoms with Crippen molar-refractivity contribution in [1.29, 1.82) is 0 Å². The number of hydrogen-bond donors (Lipinski definition) is 0. The third-order valence-electron chi connectivity index (χ3n) is 10.1. The molecule has 0 heterocycles. The molecule has 0 aromatic carbocycles. The molecule has 4 nitrogen and oxygen atoms in total. The van der Waals surface area contributed by atoms with Crippen molar-refractivity contribution in [3.8, 4) is 0 Å². The average Bonchev–Trinajstić information content (AvgIpc) is 2.89. The summed E-state index contributed by atoms with van der Waals surface area (Å²) in [6, 6.07) is 0. The molecule has 7 atom stereocenters. The summed E-state index contributed by atoms with van der Waals surface area (Å²) < 4.78 is 17.3. The summed E-state index contributed by atoms with van der Waals surface area (Å²) in [5.74, 6) is 1.33. The molecule has 4 saturated carbocycles. The van der Waals surface area contributed by atoms with Gasteiger partial charge in [0.15, 0.2) is 0 Å². The van der Waals surface area contributed by atoms with E-state index in [9.17, 15) is 4.79 Å². The number of methoxy groups -OCH3 is 1. The van der Waals surface area contributed by atoms with Gasteiger partial charge in [0.25, 0.3) is 0 Å². The number of rotatable bonds is 6. The van der Waals surface area contributed by atoms with Gasteiger partial charge in [-0.2, -0.15) is 0 Å². The highest BCUT2D eigenvalue weighted by Gasteiger charge is 2.67. The molecule has 1 spiro atoms. The van der Waals surface area contributed by atoms with Gasteiger partial charge < -0.3 is 14.2 Å². The maximum absolute atomic E-state index is 12.2. The number of fused-ring (bicyclic) bond motifs is 3. The smallest absolute Gasteiger partial charge is 0.308 e. The Hall–Kier alpha value is -0.610. The van der Waals surface area contributed by atoms with Gasteiger partial charge in [-0.15, -0.1) is 0 Å². The Labute approximate surface area is 183 Å². The number of esters is 1. The van der Waals surface area contributed by atoms with Gasteiger partial charge in [0.1, 0.15) is 6.79 Å². The lowest BCUT2D eigenvalue weighted by Crippen LogP contribution is -2.57. The molecule has 0 amide bonds. The molecule has 4 heteroatoms. The molecule has 4 fully saturated rings. The molecule has 4 aliphatic carbocycles. The fraction of sp³-hybridized carbons (Fsp3) is 0.962. The highest BCUT2D eigenvalue weighted by molar-refractivity contribution is 5.71. The molecule has 4 rings (SSSR count). The molecule has 0 aromatic rings. The van der Waals surface area contributed by atoms with Gasteiger partial charge in [-0.1, -0.05) is 41.0 Å². The molecular weight excluding hydrogens is 376 g/mol. The Morgan fingerprint density at radius 1 is 1.03 bits per heavy atom. The molecule has 0 aromatic heterocycles. The first kappa shape index (κ1) is 22.6. The minimum Gasteiger partial charge on any atom is -0.465 e. The largest absolute Gasteiger partial charge is 0.465 e. The first-order valence-electron chi connectivity index (χ1n) is 12.4. The number of carbonyl (C=O) groups excluding carboxylic acids is 1. The predicted molar refractivity (Wildman–Crippen MR) is 118 cm³/mol. The summed E-state index contributed by atoms with van der Waals surface area (Å²) in [7, 11) is 1.73. The van der Waals surface area contributed by atoms with Crippen LogP contribution in [0.1, 0.15) is 92.4 Å². The summed E-state index contributed by atoms with van der Waals surface area (Å²) in [4.78, 5) is 12.2. The van der Waals surface area contributed by atoms with E-state index in [2.05, 4.69) is 20.8 Å². The number of hydrogen-bond acceptors (Lipinski definition) is 4. The summed E-state index contributed by atoms with van der Waals surface area (Å²) >= 11 is 0. The minimum absolute atomic E-state index is 0.0434. The summed E-state index contributed by atoms with van der Waals surface area (Å²) in [5.41, 5.74) is 1.21. The molecule has 172 valence electrons. The molecule has 2 bridgehead atoms. The predicted octanol–water partition coefficient (Wildman–Crippen LogP) is 5.98. The quantitative estimate of drug-likeness (QED) is 0.392. The van der Waals surface area contributed by atoms with Crippen LogP contribution in [0.15, 0.2) is 0 Å². The van der Waals surface area contributed by atoms with Crippen LogP contribution in [0.25, 0.3) is 0 Å². The number of ether oxygens (including phenoxy) is 3. The third-order valence-corrected chi connectivity index (χ3v) is 10.1. The Balaban J connectivity index is 1.56. The monoisotopic (exact) mass is 420 g/mol. The lowest BCUT2D eigenvalue weighted by Gasteiger charge is -2.64. The van der Waals surface area contributed by atoms with Gasteiger partial charge in [-0.25, -0.2) is 0 Å². The summed E-state index contributed by atoms with van der Waals surface area (Å²) in [5, 5.41) is 0. The molecule has 0 radical (unpaired) electrons. The van der Waals surface area contributed by atoms with Gasteiger partial charge in [-0.05, 0) is 79.4 Å². The fourth-order valence-electron chi connectivity index (χ4n) is 8.83. The second-order valence-electron chi connectivity index (χ2n) is 12.4. The second kappa shape index (κ2) is 7.76. The molecule has 0 aliphatic heterocycles. The van der Waals surface area contributed by atoms with Crippen molar-refractivity contribution in [3.05, 3.63) is 0 Å². The minimum atomic E-state index is -0.0447. The maximum Gasteiger partial charge on any atom is 0.308 e. The average molecular weight is 421 g/mol. The van der Waals surface area contributed by atoms with Crippen LogP contribution in [0.2, 0.25) is 0 Å². The van der Waals surface area contributed by atoms with Crippen LogP contribution in [0, 0.1) is 39.4 Å². The third kappa shape index (κ3) is 3.45. The first-order valence-corrected chi connectivity index (χ1v) is 12.4. The molecule has 0 saturated heterocycles. The van der Waals surface area contributed by atoms with Crippen LogP contribution in [0.5, 0.6) is 0 Å². The van der Waals surface area contributed by atoms with Crippen molar-refractivity contribution in [2.24, 2.45) is 39.4 Å². The van der Waals surface area contributed by atoms with Crippen LogP contribution in [0.4, 0.5) is 0 Å². The van der Waals surface area contributed by atoms with Crippen molar-refractivity contribution < 1.29 is 19.0 Å². The summed E-state index contributed by atoms with van der Waals surface area (Å²) in [6.45, 7) is 12.3. The standard InChI is InChI=1S/C26H44O4/c1-18(2)22(27)29-16-24(4)10-7-11-25(5)19(24)9-13-26-14-21(30-17-28-6)23(3,15-26)12-8-20(25)26/h18-21H,7-17H2,1-6H3/t19-,20+,21-,23+,24+,25-,26+/m1/s1. The van der Waals surface area contributed by atoms with Gasteiger partial charge in [-0.3, -0.25) is 4.79 Å². The van der Waals surface area contributed by atoms with E-state index < -0.39 is 0 Å². The zero-order valence-electron chi connectivity index (χ0n) is 20.2. The molecule has 0 N–H and O–H groups in total. The van der Waals surface area contributed by atoms with E-state index in [0.717, 1.165) is 5.92 Å². The molecular formula is C26H44O4. The highest BCUT2D eigenvalue weighted by atomic mass is 16.7. The van der Waals surface area contributed by atoms with Crippen LogP contribution in [-0.4, -0.2) is 32.6 Å². The fourth-order valence-corrected chi connectivity index (χ4v) is 8.83. The SMILES string of the molecule is COCO[C@@H]1C[C@]23CC[C@@H]4[C@](C)(COC(=O)C(C)C)CCC[C@@]4(C)[C@@H]2CC[C@@]1(C)C3.